The molecule has 0 aliphatic carbocycles. The number of alkyl halides is 3. The van der Waals surface area contributed by atoms with E-state index < -0.39 is 11.7 Å². The van der Waals surface area contributed by atoms with Crippen LogP contribution in [0.2, 0.25) is 0 Å². The highest BCUT2D eigenvalue weighted by atomic mass is 19.4. The van der Waals surface area contributed by atoms with Crippen molar-refractivity contribution in [3.63, 3.8) is 0 Å². The van der Waals surface area contributed by atoms with Gasteiger partial charge in [0, 0.05) is 0 Å². The van der Waals surface area contributed by atoms with Crippen LogP contribution >= 0.6 is 0 Å². The number of fused-ring (bicyclic) bond motifs is 1. The Morgan fingerprint density at radius 3 is 2.44 bits per heavy atom. The number of benzene rings is 1. The molecule has 2 rings (SSSR count). The molecular formula is C10H10F3N3. The van der Waals surface area contributed by atoms with Gasteiger partial charge in [-0.25, -0.2) is 0 Å². The number of hydrogen-bond acceptors (Lipinski definition) is 2. The van der Waals surface area contributed by atoms with Crippen LogP contribution in [0.4, 0.5) is 13.2 Å². The summed E-state index contributed by atoms with van der Waals surface area (Å²) in [6.45, 7) is 3.65. The summed E-state index contributed by atoms with van der Waals surface area (Å²) in [7, 11) is 0. The normalized spacial score (nSPS) is 12.6. The van der Waals surface area contributed by atoms with Crippen LogP contribution < -0.4 is 0 Å². The van der Waals surface area contributed by atoms with Gasteiger partial charge in [-0.1, -0.05) is 13.8 Å². The van der Waals surface area contributed by atoms with Crippen LogP contribution in [0.15, 0.2) is 12.1 Å². The number of rotatable bonds is 1. The van der Waals surface area contributed by atoms with E-state index in [1.165, 1.54) is 0 Å². The maximum absolute atomic E-state index is 12.6. The standard InChI is InChI=1S/C10H10F3N3/c1-5(2)7-3-6(10(11,12)13)4-8-9(7)15-16-14-8/h3-5H,1-2H3,(H,14,15,16). The third-order valence-corrected chi connectivity index (χ3v) is 2.40. The van der Waals surface area contributed by atoms with Gasteiger partial charge in [0.25, 0.3) is 0 Å². The largest absolute Gasteiger partial charge is 0.416 e. The first kappa shape index (κ1) is 10.9. The lowest BCUT2D eigenvalue weighted by Crippen LogP contribution is -2.06. The summed E-state index contributed by atoms with van der Waals surface area (Å²) in [5.41, 5.74) is 0.623. The van der Waals surface area contributed by atoms with Crippen molar-refractivity contribution >= 4 is 11.0 Å². The van der Waals surface area contributed by atoms with Crippen LogP contribution in [0.5, 0.6) is 0 Å². The second-order valence-corrected chi connectivity index (χ2v) is 3.91. The molecule has 1 N–H and O–H groups in total. The van der Waals surface area contributed by atoms with Crippen LogP contribution in [0, 0.1) is 0 Å². The van der Waals surface area contributed by atoms with Gasteiger partial charge in [0.15, 0.2) is 0 Å². The zero-order valence-electron chi connectivity index (χ0n) is 8.76. The first-order chi connectivity index (χ1) is 7.39. The van der Waals surface area contributed by atoms with Gasteiger partial charge in [-0.05, 0) is 23.6 Å². The number of aromatic nitrogens is 3. The highest BCUT2D eigenvalue weighted by Gasteiger charge is 2.32. The lowest BCUT2D eigenvalue weighted by molar-refractivity contribution is -0.137. The maximum atomic E-state index is 12.6. The minimum Gasteiger partial charge on any atom is -0.197 e. The van der Waals surface area contributed by atoms with E-state index in [0.29, 0.717) is 11.1 Å². The summed E-state index contributed by atoms with van der Waals surface area (Å²) in [6, 6.07) is 2.14. The maximum Gasteiger partial charge on any atom is 0.416 e. The van der Waals surface area contributed by atoms with Gasteiger partial charge >= 0.3 is 6.18 Å². The van der Waals surface area contributed by atoms with Gasteiger partial charge < -0.3 is 0 Å². The third kappa shape index (κ3) is 1.75. The van der Waals surface area contributed by atoms with Crippen LogP contribution in [0.25, 0.3) is 11.0 Å². The second kappa shape index (κ2) is 3.47. The Balaban J connectivity index is 2.71. The first-order valence-corrected chi connectivity index (χ1v) is 4.81. The Kier molecular flexibility index (Phi) is 2.36. The Morgan fingerprint density at radius 2 is 1.88 bits per heavy atom. The number of aromatic amines is 1. The van der Waals surface area contributed by atoms with Crippen molar-refractivity contribution in [1.29, 1.82) is 0 Å². The molecule has 1 heterocycles. The smallest absolute Gasteiger partial charge is 0.197 e. The molecular weight excluding hydrogens is 219 g/mol. The molecule has 0 spiro atoms. The van der Waals surface area contributed by atoms with Crippen molar-refractivity contribution in [2.24, 2.45) is 0 Å². The summed E-state index contributed by atoms with van der Waals surface area (Å²) in [4.78, 5) is 0. The second-order valence-electron chi connectivity index (χ2n) is 3.91. The molecule has 1 aromatic carbocycles. The number of nitrogens with zero attached hydrogens (tertiary/aromatic N) is 2. The van der Waals surface area contributed by atoms with Crippen molar-refractivity contribution < 1.29 is 13.2 Å². The van der Waals surface area contributed by atoms with E-state index in [1.807, 2.05) is 13.8 Å². The molecule has 0 aliphatic rings. The van der Waals surface area contributed by atoms with Crippen LogP contribution in [-0.2, 0) is 6.18 Å². The summed E-state index contributed by atoms with van der Waals surface area (Å²) < 4.78 is 37.8. The fraction of sp³-hybridized carbons (Fsp3) is 0.400. The molecule has 0 saturated heterocycles. The van der Waals surface area contributed by atoms with E-state index in [9.17, 15) is 13.2 Å². The molecule has 0 amide bonds. The molecule has 6 heteroatoms. The fourth-order valence-electron chi connectivity index (χ4n) is 1.58. The molecule has 3 nitrogen and oxygen atoms in total. The first-order valence-electron chi connectivity index (χ1n) is 4.81. The molecule has 86 valence electrons. The monoisotopic (exact) mass is 229 g/mol. The molecule has 0 fully saturated rings. The zero-order valence-corrected chi connectivity index (χ0v) is 8.76. The lowest BCUT2D eigenvalue weighted by atomic mass is 9.99. The topological polar surface area (TPSA) is 41.6 Å². The molecule has 2 aromatic rings. The molecule has 0 bridgehead atoms. The summed E-state index contributed by atoms with van der Waals surface area (Å²) in [5.74, 6) is -0.0325. The highest BCUT2D eigenvalue weighted by Crippen LogP contribution is 2.34. The lowest BCUT2D eigenvalue weighted by Gasteiger charge is -2.11. The predicted molar refractivity (Wildman–Crippen MR) is 53.0 cm³/mol. The fourth-order valence-corrected chi connectivity index (χ4v) is 1.58. The van der Waals surface area contributed by atoms with Crippen LogP contribution in [0.1, 0.15) is 30.9 Å². The zero-order chi connectivity index (χ0) is 11.9. The van der Waals surface area contributed by atoms with E-state index in [2.05, 4.69) is 15.4 Å². The van der Waals surface area contributed by atoms with Gasteiger partial charge in [-0.15, -0.1) is 0 Å². The van der Waals surface area contributed by atoms with Crippen molar-refractivity contribution in [2.45, 2.75) is 25.9 Å². The van der Waals surface area contributed by atoms with E-state index in [-0.39, 0.29) is 11.4 Å². The van der Waals surface area contributed by atoms with E-state index in [1.54, 1.807) is 0 Å². The molecule has 0 aliphatic heterocycles. The predicted octanol–water partition coefficient (Wildman–Crippen LogP) is 3.10. The molecule has 0 atom stereocenters. The molecule has 16 heavy (non-hydrogen) atoms. The number of halogens is 3. The summed E-state index contributed by atoms with van der Waals surface area (Å²) >= 11 is 0. The minimum atomic E-state index is -4.35. The average Bonchev–Trinajstić information content (AvgIpc) is 2.61. The van der Waals surface area contributed by atoms with Crippen molar-refractivity contribution in [3.8, 4) is 0 Å². The van der Waals surface area contributed by atoms with Gasteiger partial charge in [0.1, 0.15) is 11.0 Å². The van der Waals surface area contributed by atoms with E-state index >= 15 is 0 Å². The average molecular weight is 229 g/mol. The molecule has 0 unspecified atom stereocenters. The van der Waals surface area contributed by atoms with E-state index in [0.717, 1.165) is 12.1 Å². The summed E-state index contributed by atoms with van der Waals surface area (Å²) in [5, 5.41) is 9.90. The van der Waals surface area contributed by atoms with Gasteiger partial charge in [0.05, 0.1) is 5.56 Å². The van der Waals surface area contributed by atoms with Crippen molar-refractivity contribution in [1.82, 2.24) is 15.4 Å². The van der Waals surface area contributed by atoms with E-state index in [4.69, 9.17) is 0 Å². The quantitative estimate of drug-likeness (QED) is 0.816. The highest BCUT2D eigenvalue weighted by molar-refractivity contribution is 5.79. The van der Waals surface area contributed by atoms with Gasteiger partial charge in [0.2, 0.25) is 0 Å². The van der Waals surface area contributed by atoms with Crippen LogP contribution in [0.3, 0.4) is 0 Å². The SMILES string of the molecule is CC(C)c1cc(C(F)(F)F)cc2n[nH]nc12. The van der Waals surface area contributed by atoms with Crippen LogP contribution in [-0.4, -0.2) is 15.4 Å². The van der Waals surface area contributed by atoms with Crippen molar-refractivity contribution in [3.05, 3.63) is 23.3 Å². The van der Waals surface area contributed by atoms with Gasteiger partial charge in [-0.3, -0.25) is 0 Å². The number of H-pyrrole nitrogens is 1. The summed E-state index contributed by atoms with van der Waals surface area (Å²) in [6.07, 6.45) is -4.35. The van der Waals surface area contributed by atoms with Gasteiger partial charge in [-0.2, -0.15) is 28.6 Å². The Bertz CT molecular complexity index is 513. The molecule has 0 saturated carbocycles. The number of nitrogens with one attached hydrogen (secondary N) is 1. The third-order valence-electron chi connectivity index (χ3n) is 2.40. The Morgan fingerprint density at radius 1 is 1.19 bits per heavy atom. The molecule has 1 aromatic heterocycles. The number of hydrogen-bond donors (Lipinski definition) is 1. The van der Waals surface area contributed by atoms with Crippen molar-refractivity contribution in [2.75, 3.05) is 0 Å². The minimum absolute atomic E-state index is 0.0325. The Labute approximate surface area is 89.7 Å². The Hall–Kier alpha value is -1.59. The molecule has 0 radical (unpaired) electrons.